The van der Waals surface area contributed by atoms with Gasteiger partial charge in [-0.1, -0.05) is 38.7 Å². The van der Waals surface area contributed by atoms with Crippen molar-refractivity contribution in [1.82, 2.24) is 0 Å². The first-order valence-corrected chi connectivity index (χ1v) is 5.51. The third-order valence-corrected chi connectivity index (χ3v) is 2.42. The number of carboxylic acid groups (broad SMARTS) is 1. The highest BCUT2D eigenvalue weighted by Crippen LogP contribution is 2.17. The van der Waals surface area contributed by atoms with Crippen LogP contribution in [0.25, 0.3) is 0 Å². The molecule has 0 amide bonds. The monoisotopic (exact) mass is 197 g/mol. The van der Waals surface area contributed by atoms with Crippen molar-refractivity contribution in [3.63, 3.8) is 0 Å². The van der Waals surface area contributed by atoms with Crippen LogP contribution in [0.2, 0.25) is 0 Å². The molecule has 1 unspecified atom stereocenters. The Kier molecular flexibility index (Phi) is 8.30. The molecule has 1 atom stereocenters. The van der Waals surface area contributed by atoms with E-state index < -0.39 is 5.97 Å². The van der Waals surface area contributed by atoms with E-state index in [2.05, 4.69) is 13.5 Å². The Morgan fingerprint density at radius 3 is 2.64 bits per heavy atom. The third-order valence-electron chi connectivity index (χ3n) is 2.42. The summed E-state index contributed by atoms with van der Waals surface area (Å²) in [7, 11) is 0. The van der Waals surface area contributed by atoms with Gasteiger partial charge in [0.05, 0.1) is 0 Å². The first kappa shape index (κ1) is 13.2. The molecule has 0 aliphatic carbocycles. The van der Waals surface area contributed by atoms with E-state index in [9.17, 15) is 9.90 Å². The molecule has 0 fully saturated rings. The Labute approximate surface area is 87.0 Å². The van der Waals surface area contributed by atoms with Crippen molar-refractivity contribution in [2.24, 2.45) is 5.92 Å². The zero-order valence-corrected chi connectivity index (χ0v) is 9.13. The van der Waals surface area contributed by atoms with Crippen LogP contribution in [-0.2, 0) is 4.79 Å². The summed E-state index contributed by atoms with van der Waals surface area (Å²) >= 11 is 0. The summed E-state index contributed by atoms with van der Waals surface area (Å²) in [5.74, 6) is -0.707. The fraction of sp³-hybridized carbons (Fsp3) is 0.750. The van der Waals surface area contributed by atoms with Crippen LogP contribution in [-0.4, -0.2) is 5.97 Å². The van der Waals surface area contributed by atoms with E-state index in [0.29, 0.717) is 0 Å². The molecule has 0 saturated carbocycles. The number of unbranched alkanes of at least 4 members (excludes halogenated alkanes) is 3. The molecular weight excluding hydrogens is 176 g/mol. The Hall–Kier alpha value is -0.790. The molecule has 82 valence electrons. The van der Waals surface area contributed by atoms with Gasteiger partial charge in [0.25, 0.3) is 0 Å². The van der Waals surface area contributed by atoms with Gasteiger partial charge in [0.2, 0.25) is 0 Å². The van der Waals surface area contributed by atoms with Crippen molar-refractivity contribution < 1.29 is 9.90 Å². The van der Waals surface area contributed by atoms with E-state index in [4.69, 9.17) is 0 Å². The summed E-state index contributed by atoms with van der Waals surface area (Å²) in [6.07, 6.45) is 8.54. The van der Waals surface area contributed by atoms with E-state index >= 15 is 0 Å². The maximum Gasteiger partial charge on any atom is 0.0417 e. The lowest BCUT2D eigenvalue weighted by atomic mass is 9.94. The van der Waals surface area contributed by atoms with Crippen molar-refractivity contribution in [3.8, 4) is 0 Å². The Balaban J connectivity index is 3.61. The Morgan fingerprint density at radius 2 is 2.14 bits per heavy atom. The summed E-state index contributed by atoms with van der Waals surface area (Å²) in [5, 5.41) is 10.4. The van der Waals surface area contributed by atoms with Crippen LogP contribution in [0.3, 0.4) is 0 Å². The second-order valence-corrected chi connectivity index (χ2v) is 3.82. The molecule has 0 saturated heterocycles. The molecule has 0 aromatic heterocycles. The Bertz CT molecular complexity index is 164. The van der Waals surface area contributed by atoms with Crippen LogP contribution in [0.15, 0.2) is 12.7 Å². The lowest BCUT2D eigenvalue weighted by Gasteiger charge is -2.15. The highest BCUT2D eigenvalue weighted by molar-refractivity contribution is 5.64. The molecule has 0 radical (unpaired) electrons. The second kappa shape index (κ2) is 8.79. The fourth-order valence-electron chi connectivity index (χ4n) is 1.63. The maximum absolute atomic E-state index is 10.4. The van der Waals surface area contributed by atoms with Gasteiger partial charge in [0.15, 0.2) is 0 Å². The summed E-state index contributed by atoms with van der Waals surface area (Å²) < 4.78 is 0. The Morgan fingerprint density at radius 1 is 1.43 bits per heavy atom. The lowest BCUT2D eigenvalue weighted by molar-refractivity contribution is -0.306. The fourth-order valence-corrected chi connectivity index (χ4v) is 1.63. The SMILES string of the molecule is C=CCC(CCCCCC)CC(=O)[O-]. The molecule has 0 rings (SSSR count). The van der Waals surface area contributed by atoms with Crippen LogP contribution in [0.5, 0.6) is 0 Å². The predicted molar refractivity (Wildman–Crippen MR) is 56.7 cm³/mol. The summed E-state index contributed by atoms with van der Waals surface area (Å²) in [5.41, 5.74) is 0. The highest BCUT2D eigenvalue weighted by atomic mass is 16.4. The van der Waals surface area contributed by atoms with Gasteiger partial charge >= 0.3 is 0 Å². The van der Waals surface area contributed by atoms with E-state index in [1.165, 1.54) is 19.3 Å². The summed E-state index contributed by atoms with van der Waals surface area (Å²) in [6.45, 7) is 5.81. The van der Waals surface area contributed by atoms with E-state index in [-0.39, 0.29) is 12.3 Å². The molecule has 14 heavy (non-hydrogen) atoms. The third kappa shape index (κ3) is 7.84. The largest absolute Gasteiger partial charge is 0.550 e. The standard InChI is InChI=1S/C12H22O2/c1-3-5-6-7-9-11(8-4-2)10-12(13)14/h4,11H,2-3,5-10H2,1H3,(H,13,14)/p-1. The van der Waals surface area contributed by atoms with E-state index in [1.54, 1.807) is 6.08 Å². The van der Waals surface area contributed by atoms with Crippen molar-refractivity contribution in [2.75, 3.05) is 0 Å². The average molecular weight is 197 g/mol. The zero-order chi connectivity index (χ0) is 10.8. The van der Waals surface area contributed by atoms with Crippen LogP contribution >= 0.6 is 0 Å². The number of rotatable bonds is 9. The van der Waals surface area contributed by atoms with Gasteiger partial charge in [-0.05, 0) is 25.2 Å². The number of hydrogen-bond donors (Lipinski definition) is 0. The molecule has 2 nitrogen and oxygen atoms in total. The lowest BCUT2D eigenvalue weighted by Crippen LogP contribution is -2.25. The molecule has 0 aliphatic heterocycles. The van der Waals surface area contributed by atoms with Crippen molar-refractivity contribution in [2.45, 2.75) is 51.9 Å². The molecule has 0 heterocycles. The topological polar surface area (TPSA) is 40.1 Å². The first-order chi connectivity index (χ1) is 6.70. The quantitative estimate of drug-likeness (QED) is 0.420. The molecule has 0 aromatic rings. The zero-order valence-electron chi connectivity index (χ0n) is 9.13. The van der Waals surface area contributed by atoms with Gasteiger partial charge in [-0.2, -0.15) is 0 Å². The first-order valence-electron chi connectivity index (χ1n) is 5.51. The van der Waals surface area contributed by atoms with E-state index in [0.717, 1.165) is 19.3 Å². The number of carbonyl (C=O) groups excluding carboxylic acids is 1. The van der Waals surface area contributed by atoms with Gasteiger partial charge in [0, 0.05) is 5.97 Å². The molecular formula is C12H21O2-. The minimum Gasteiger partial charge on any atom is -0.550 e. The molecule has 0 bridgehead atoms. The molecule has 0 aliphatic rings. The smallest absolute Gasteiger partial charge is 0.0417 e. The van der Waals surface area contributed by atoms with Gasteiger partial charge in [-0.15, -0.1) is 6.58 Å². The van der Waals surface area contributed by atoms with Gasteiger partial charge < -0.3 is 9.90 Å². The minimum absolute atomic E-state index is 0.179. The van der Waals surface area contributed by atoms with Crippen molar-refractivity contribution in [1.29, 1.82) is 0 Å². The molecule has 0 spiro atoms. The number of allylic oxidation sites excluding steroid dienone is 1. The highest BCUT2D eigenvalue weighted by Gasteiger charge is 2.06. The van der Waals surface area contributed by atoms with Crippen LogP contribution in [0.1, 0.15) is 51.9 Å². The maximum atomic E-state index is 10.4. The number of carbonyl (C=O) groups is 1. The second-order valence-electron chi connectivity index (χ2n) is 3.82. The number of aliphatic carboxylic acids is 1. The normalized spacial score (nSPS) is 12.4. The van der Waals surface area contributed by atoms with Crippen LogP contribution in [0.4, 0.5) is 0 Å². The van der Waals surface area contributed by atoms with Crippen molar-refractivity contribution in [3.05, 3.63) is 12.7 Å². The molecule has 0 N–H and O–H groups in total. The minimum atomic E-state index is -0.938. The van der Waals surface area contributed by atoms with Gasteiger partial charge in [0.1, 0.15) is 0 Å². The number of hydrogen-bond acceptors (Lipinski definition) is 2. The van der Waals surface area contributed by atoms with Gasteiger partial charge in [-0.25, -0.2) is 0 Å². The number of carboxylic acids is 1. The van der Waals surface area contributed by atoms with E-state index in [1.807, 2.05) is 0 Å². The average Bonchev–Trinajstić information content (AvgIpc) is 2.12. The van der Waals surface area contributed by atoms with Crippen LogP contribution in [0, 0.1) is 5.92 Å². The van der Waals surface area contributed by atoms with Crippen molar-refractivity contribution >= 4 is 5.97 Å². The van der Waals surface area contributed by atoms with Gasteiger partial charge in [-0.3, -0.25) is 0 Å². The van der Waals surface area contributed by atoms with Crippen LogP contribution < -0.4 is 5.11 Å². The summed E-state index contributed by atoms with van der Waals surface area (Å²) in [6, 6.07) is 0. The summed E-state index contributed by atoms with van der Waals surface area (Å²) in [4.78, 5) is 10.4. The molecule has 2 heteroatoms. The predicted octanol–water partition coefficient (Wildman–Crippen LogP) is 2.29. The molecule has 0 aromatic carbocycles.